The van der Waals surface area contributed by atoms with E-state index >= 15 is 0 Å². The first-order valence-corrected chi connectivity index (χ1v) is 8.88. The molecule has 3 heterocycles. The molecule has 142 valence electrons. The Balaban J connectivity index is 1.41. The zero-order valence-electron chi connectivity index (χ0n) is 14.7. The lowest BCUT2D eigenvalue weighted by Gasteiger charge is -2.40. The van der Waals surface area contributed by atoms with Gasteiger partial charge in [0.2, 0.25) is 0 Å². The van der Waals surface area contributed by atoms with E-state index in [0.29, 0.717) is 32.4 Å². The predicted octanol–water partition coefficient (Wildman–Crippen LogP) is 0.286. The Bertz CT molecular complexity index is 825. The molecular weight excluding hydrogens is 351 g/mol. The van der Waals surface area contributed by atoms with Gasteiger partial charge in [-0.05, 0) is 24.4 Å². The van der Waals surface area contributed by atoms with Gasteiger partial charge in [-0.3, -0.25) is 4.90 Å². The number of carboxylic acids is 1. The number of aromatic carboxylic acids is 1. The number of benzene rings is 1. The van der Waals surface area contributed by atoms with Crippen LogP contribution in [0.15, 0.2) is 24.7 Å². The van der Waals surface area contributed by atoms with Crippen molar-refractivity contribution in [2.24, 2.45) is 5.73 Å². The maximum atomic E-state index is 11.8. The molecule has 27 heavy (non-hydrogen) atoms. The van der Waals surface area contributed by atoms with Crippen molar-refractivity contribution in [2.75, 3.05) is 19.6 Å². The van der Waals surface area contributed by atoms with Crippen LogP contribution in [0.25, 0.3) is 0 Å². The normalized spacial score (nSPS) is 18.4. The van der Waals surface area contributed by atoms with Gasteiger partial charge < -0.3 is 30.2 Å². The molecule has 1 aromatic heterocycles. The van der Waals surface area contributed by atoms with Gasteiger partial charge >= 0.3 is 13.1 Å². The molecule has 0 saturated carbocycles. The van der Waals surface area contributed by atoms with Crippen LogP contribution in [-0.4, -0.2) is 63.8 Å². The van der Waals surface area contributed by atoms with Gasteiger partial charge in [-0.1, -0.05) is 6.07 Å². The maximum absolute atomic E-state index is 11.8. The molecule has 0 spiro atoms. The molecule has 9 nitrogen and oxygen atoms in total. The summed E-state index contributed by atoms with van der Waals surface area (Å²) in [5.41, 5.74) is 7.74. The molecule has 0 amide bonds. The van der Waals surface area contributed by atoms with Gasteiger partial charge in [0, 0.05) is 25.8 Å². The SMILES string of the molecule is NC(CN1CC(Oc2ccc3c(c2C(=O)O)OB(O)CC3)C1)c1cnc[nH]1. The molecule has 2 aliphatic heterocycles. The van der Waals surface area contributed by atoms with Crippen molar-refractivity contribution in [1.82, 2.24) is 14.9 Å². The Labute approximate surface area is 156 Å². The molecule has 1 fully saturated rings. The van der Waals surface area contributed by atoms with Gasteiger partial charge in [0.25, 0.3) is 0 Å². The number of carboxylic acid groups (broad SMARTS) is 1. The van der Waals surface area contributed by atoms with Crippen LogP contribution in [0.1, 0.15) is 27.7 Å². The van der Waals surface area contributed by atoms with E-state index in [1.165, 1.54) is 0 Å². The van der Waals surface area contributed by atoms with Gasteiger partial charge in [-0.2, -0.15) is 0 Å². The zero-order valence-corrected chi connectivity index (χ0v) is 14.7. The minimum Gasteiger partial charge on any atom is -0.535 e. The van der Waals surface area contributed by atoms with Crippen molar-refractivity contribution in [3.63, 3.8) is 0 Å². The van der Waals surface area contributed by atoms with Gasteiger partial charge in [0.1, 0.15) is 23.2 Å². The molecule has 5 N–H and O–H groups in total. The smallest absolute Gasteiger partial charge is 0.522 e. The second kappa shape index (κ2) is 7.22. The summed E-state index contributed by atoms with van der Waals surface area (Å²) in [4.78, 5) is 20.9. The average molecular weight is 372 g/mol. The third-order valence-corrected chi connectivity index (χ3v) is 4.92. The zero-order chi connectivity index (χ0) is 19.0. The maximum Gasteiger partial charge on any atom is 0.522 e. The van der Waals surface area contributed by atoms with Crippen LogP contribution >= 0.6 is 0 Å². The van der Waals surface area contributed by atoms with E-state index < -0.39 is 13.1 Å². The van der Waals surface area contributed by atoms with E-state index in [0.717, 1.165) is 11.3 Å². The Morgan fingerprint density at radius 3 is 3.04 bits per heavy atom. The van der Waals surface area contributed by atoms with E-state index in [9.17, 15) is 14.9 Å². The third kappa shape index (κ3) is 3.64. The average Bonchev–Trinajstić information content (AvgIpc) is 3.13. The number of carbonyl (C=O) groups is 1. The number of imidazole rings is 1. The van der Waals surface area contributed by atoms with Gasteiger partial charge in [-0.25, -0.2) is 9.78 Å². The number of ether oxygens (including phenoxy) is 1. The molecule has 1 unspecified atom stereocenters. The second-order valence-electron chi connectivity index (χ2n) is 6.92. The molecule has 0 radical (unpaired) electrons. The number of H-pyrrole nitrogens is 1. The van der Waals surface area contributed by atoms with Crippen LogP contribution in [0.3, 0.4) is 0 Å². The van der Waals surface area contributed by atoms with E-state index in [2.05, 4.69) is 14.9 Å². The van der Waals surface area contributed by atoms with E-state index in [1.807, 2.05) is 0 Å². The number of nitrogens with one attached hydrogen (secondary N) is 1. The summed E-state index contributed by atoms with van der Waals surface area (Å²) in [5.74, 6) is -0.664. The fourth-order valence-electron chi connectivity index (χ4n) is 3.49. The Morgan fingerprint density at radius 1 is 1.52 bits per heavy atom. The van der Waals surface area contributed by atoms with Crippen molar-refractivity contribution in [3.05, 3.63) is 41.5 Å². The number of rotatable bonds is 6. The number of aromatic nitrogens is 2. The number of nitrogens with two attached hydrogens (primary N) is 1. The van der Waals surface area contributed by atoms with Crippen molar-refractivity contribution in [2.45, 2.75) is 24.9 Å². The minimum atomic E-state index is -1.13. The van der Waals surface area contributed by atoms with E-state index in [4.69, 9.17) is 15.1 Å². The van der Waals surface area contributed by atoms with Gasteiger partial charge in [0.15, 0.2) is 0 Å². The standard InChI is InChI=1S/C17H21BN4O5/c19-12(13-5-20-9-21-13)8-22-6-11(7-22)26-14-2-1-10-3-4-18(25)27-16(10)15(14)17(23)24/h1-2,5,9,11-12,25H,3-4,6-8,19H2,(H,20,21)(H,23,24). The largest absolute Gasteiger partial charge is 0.535 e. The fourth-order valence-corrected chi connectivity index (χ4v) is 3.49. The first-order valence-electron chi connectivity index (χ1n) is 8.88. The highest BCUT2D eigenvalue weighted by atomic mass is 16.5. The lowest BCUT2D eigenvalue weighted by atomic mass is 9.78. The van der Waals surface area contributed by atoms with Crippen LogP contribution in [0.4, 0.5) is 0 Å². The molecule has 4 rings (SSSR count). The van der Waals surface area contributed by atoms with Crippen LogP contribution in [0.2, 0.25) is 6.32 Å². The highest BCUT2D eigenvalue weighted by Gasteiger charge is 2.34. The topological polar surface area (TPSA) is 134 Å². The number of hydrogen-bond acceptors (Lipinski definition) is 7. The quantitative estimate of drug-likeness (QED) is 0.532. The summed E-state index contributed by atoms with van der Waals surface area (Å²) >= 11 is 0. The van der Waals surface area contributed by atoms with Crippen LogP contribution < -0.4 is 15.1 Å². The molecule has 0 aliphatic carbocycles. The molecule has 10 heteroatoms. The first-order chi connectivity index (χ1) is 13.0. The number of aryl methyl sites for hydroxylation is 1. The fraction of sp³-hybridized carbons (Fsp3) is 0.412. The first kappa shape index (κ1) is 17.8. The highest BCUT2D eigenvalue weighted by Crippen LogP contribution is 2.37. The lowest BCUT2D eigenvalue weighted by Crippen LogP contribution is -2.55. The lowest BCUT2D eigenvalue weighted by molar-refractivity contribution is 0.0151. The second-order valence-corrected chi connectivity index (χ2v) is 6.92. The number of likely N-dealkylation sites (tertiary alicyclic amines) is 1. The van der Waals surface area contributed by atoms with E-state index in [1.54, 1.807) is 24.7 Å². The van der Waals surface area contributed by atoms with Crippen molar-refractivity contribution in [1.29, 1.82) is 0 Å². The summed E-state index contributed by atoms with van der Waals surface area (Å²) < 4.78 is 11.3. The number of nitrogens with zero attached hydrogens (tertiary/aromatic N) is 2. The predicted molar refractivity (Wildman–Crippen MR) is 96.9 cm³/mol. The van der Waals surface area contributed by atoms with Gasteiger partial charge in [0.05, 0.1) is 18.1 Å². The third-order valence-electron chi connectivity index (χ3n) is 4.92. The number of aromatic amines is 1. The van der Waals surface area contributed by atoms with Crippen LogP contribution in [0.5, 0.6) is 11.5 Å². The molecule has 0 bridgehead atoms. The van der Waals surface area contributed by atoms with Crippen LogP contribution in [-0.2, 0) is 6.42 Å². The Morgan fingerprint density at radius 2 is 2.33 bits per heavy atom. The molecule has 2 aromatic rings. The monoisotopic (exact) mass is 372 g/mol. The summed E-state index contributed by atoms with van der Waals surface area (Å²) in [6.07, 6.45) is 4.20. The molecule has 1 aromatic carbocycles. The summed E-state index contributed by atoms with van der Waals surface area (Å²) in [6.45, 7) is 1.97. The summed E-state index contributed by atoms with van der Waals surface area (Å²) in [7, 11) is -0.992. The van der Waals surface area contributed by atoms with Crippen molar-refractivity contribution < 1.29 is 24.3 Å². The molecule has 1 atom stereocenters. The minimum absolute atomic E-state index is 0.0288. The van der Waals surface area contributed by atoms with Crippen molar-refractivity contribution in [3.8, 4) is 11.5 Å². The van der Waals surface area contributed by atoms with Gasteiger partial charge in [-0.15, -0.1) is 0 Å². The Hall–Kier alpha value is -2.56. The highest BCUT2D eigenvalue weighted by molar-refractivity contribution is 6.44. The number of fused-ring (bicyclic) bond motifs is 1. The molecule has 2 aliphatic rings. The molecular formula is C17H21BN4O5. The van der Waals surface area contributed by atoms with Crippen molar-refractivity contribution >= 4 is 13.1 Å². The van der Waals surface area contributed by atoms with E-state index in [-0.39, 0.29) is 29.2 Å². The number of hydrogen-bond donors (Lipinski definition) is 4. The summed E-state index contributed by atoms with van der Waals surface area (Å²) in [5, 5.41) is 19.3. The van der Waals surface area contributed by atoms with Crippen LogP contribution in [0, 0.1) is 0 Å². The molecule has 1 saturated heterocycles. The Kier molecular flexibility index (Phi) is 4.77. The summed E-state index contributed by atoms with van der Waals surface area (Å²) in [6, 6.07) is 3.30.